The van der Waals surface area contributed by atoms with Crippen molar-refractivity contribution in [1.82, 2.24) is 14.7 Å². The van der Waals surface area contributed by atoms with Crippen LogP contribution in [0, 0.1) is 5.92 Å². The molecule has 0 spiro atoms. The summed E-state index contributed by atoms with van der Waals surface area (Å²) in [4.78, 5) is 32.1. The number of carbonyl (C=O) groups excluding carboxylic acids is 2. The van der Waals surface area contributed by atoms with Crippen LogP contribution in [0.1, 0.15) is 41.6 Å². The van der Waals surface area contributed by atoms with Crippen molar-refractivity contribution in [3.63, 3.8) is 0 Å². The van der Waals surface area contributed by atoms with Gasteiger partial charge in [0.05, 0.1) is 10.6 Å². The van der Waals surface area contributed by atoms with Gasteiger partial charge in [-0.25, -0.2) is 0 Å². The Bertz CT molecular complexity index is 969. The van der Waals surface area contributed by atoms with Crippen molar-refractivity contribution in [1.29, 1.82) is 0 Å². The second-order valence-electron chi connectivity index (χ2n) is 9.14. The highest BCUT2D eigenvalue weighted by Crippen LogP contribution is 2.27. The summed E-state index contributed by atoms with van der Waals surface area (Å²) in [5.41, 5.74) is 1.67. The standard InChI is InChI=1S/C26H31Cl2N3O2/c1-29(18-19-5-3-2-4-6-19)25(32)20-9-13-30(14-10-20)22-11-15-31(16-12-22)26(33)23-8-7-21(27)17-24(23)28/h2-8,17,20,22H,9-16,18H2,1H3. The molecular weight excluding hydrogens is 457 g/mol. The first-order chi connectivity index (χ1) is 15.9. The van der Waals surface area contributed by atoms with E-state index in [1.165, 1.54) is 0 Å². The molecule has 0 unspecified atom stereocenters. The van der Waals surface area contributed by atoms with Crippen molar-refractivity contribution in [3.8, 4) is 0 Å². The first kappa shape index (κ1) is 24.1. The molecule has 2 amide bonds. The maximum atomic E-state index is 12.9. The van der Waals surface area contributed by atoms with Crippen molar-refractivity contribution in [2.45, 2.75) is 38.3 Å². The van der Waals surface area contributed by atoms with Crippen molar-refractivity contribution in [3.05, 3.63) is 69.7 Å². The molecule has 0 aromatic heterocycles. The number of amides is 2. The third kappa shape index (κ3) is 5.89. The second-order valence-corrected chi connectivity index (χ2v) is 9.98. The number of nitrogens with zero attached hydrogens (tertiary/aromatic N) is 3. The lowest BCUT2D eigenvalue weighted by atomic mass is 9.92. The summed E-state index contributed by atoms with van der Waals surface area (Å²) in [6, 6.07) is 15.6. The molecule has 0 aliphatic carbocycles. The van der Waals surface area contributed by atoms with Crippen LogP contribution in [0.4, 0.5) is 0 Å². The monoisotopic (exact) mass is 487 g/mol. The quantitative estimate of drug-likeness (QED) is 0.597. The third-order valence-electron chi connectivity index (χ3n) is 6.95. The van der Waals surface area contributed by atoms with E-state index >= 15 is 0 Å². The predicted octanol–water partition coefficient (Wildman–Crippen LogP) is 4.97. The largest absolute Gasteiger partial charge is 0.341 e. The van der Waals surface area contributed by atoms with Crippen LogP contribution in [-0.2, 0) is 11.3 Å². The van der Waals surface area contributed by atoms with Gasteiger partial charge >= 0.3 is 0 Å². The zero-order chi connectivity index (χ0) is 23.4. The van der Waals surface area contributed by atoms with Crippen LogP contribution in [0.25, 0.3) is 0 Å². The average Bonchev–Trinajstić information content (AvgIpc) is 2.84. The molecule has 0 saturated carbocycles. The SMILES string of the molecule is CN(Cc1ccccc1)C(=O)C1CCN(C2CCN(C(=O)c3ccc(Cl)cc3Cl)CC2)CC1. The van der Waals surface area contributed by atoms with Gasteiger partial charge in [0.25, 0.3) is 5.91 Å². The summed E-state index contributed by atoms with van der Waals surface area (Å²) in [5, 5.41) is 0.932. The van der Waals surface area contributed by atoms with Crippen LogP contribution < -0.4 is 0 Å². The molecule has 2 fully saturated rings. The van der Waals surface area contributed by atoms with Gasteiger partial charge in [0, 0.05) is 43.7 Å². The van der Waals surface area contributed by atoms with E-state index < -0.39 is 0 Å². The highest BCUT2D eigenvalue weighted by molar-refractivity contribution is 6.36. The molecule has 0 radical (unpaired) electrons. The summed E-state index contributed by atoms with van der Waals surface area (Å²) in [5.74, 6) is 0.323. The molecule has 4 rings (SSSR count). The highest BCUT2D eigenvalue weighted by Gasteiger charge is 2.33. The van der Waals surface area contributed by atoms with Gasteiger partial charge in [0.1, 0.15) is 0 Å². The fourth-order valence-electron chi connectivity index (χ4n) is 5.03. The normalized spacial score (nSPS) is 18.3. The van der Waals surface area contributed by atoms with E-state index in [0.717, 1.165) is 57.4 Å². The lowest BCUT2D eigenvalue weighted by Gasteiger charge is -2.42. The van der Waals surface area contributed by atoms with E-state index in [1.807, 2.05) is 35.0 Å². The molecule has 0 bridgehead atoms. The lowest BCUT2D eigenvalue weighted by molar-refractivity contribution is -0.136. The average molecular weight is 488 g/mol. The van der Waals surface area contributed by atoms with Gasteiger partial charge in [-0.15, -0.1) is 0 Å². The van der Waals surface area contributed by atoms with Crippen molar-refractivity contribution in [2.75, 3.05) is 33.2 Å². The molecule has 0 N–H and O–H groups in total. The lowest BCUT2D eigenvalue weighted by Crippen LogP contribution is -2.50. The van der Waals surface area contributed by atoms with Crippen LogP contribution in [0.5, 0.6) is 0 Å². The molecule has 2 aromatic rings. The zero-order valence-electron chi connectivity index (χ0n) is 19.1. The van der Waals surface area contributed by atoms with Gasteiger partial charge in [-0.3, -0.25) is 9.59 Å². The number of halogens is 2. The Morgan fingerprint density at radius 2 is 1.61 bits per heavy atom. The van der Waals surface area contributed by atoms with Gasteiger partial charge in [-0.05, 0) is 62.5 Å². The Kier molecular flexibility index (Phi) is 7.94. The maximum absolute atomic E-state index is 12.9. The molecule has 2 aliphatic rings. The highest BCUT2D eigenvalue weighted by atomic mass is 35.5. The fraction of sp³-hybridized carbons (Fsp3) is 0.462. The van der Waals surface area contributed by atoms with Gasteiger partial charge < -0.3 is 14.7 Å². The summed E-state index contributed by atoms with van der Waals surface area (Å²) in [6.07, 6.45) is 3.70. The van der Waals surface area contributed by atoms with E-state index in [4.69, 9.17) is 23.2 Å². The first-order valence-electron chi connectivity index (χ1n) is 11.7. The Labute approximate surface area is 206 Å². The zero-order valence-corrected chi connectivity index (χ0v) is 20.6. The molecule has 5 nitrogen and oxygen atoms in total. The molecule has 33 heavy (non-hydrogen) atoms. The molecule has 2 aliphatic heterocycles. The minimum atomic E-state index is -0.0270. The second kappa shape index (κ2) is 10.9. The number of likely N-dealkylation sites (tertiary alicyclic amines) is 2. The number of hydrogen-bond donors (Lipinski definition) is 0. The molecule has 2 aromatic carbocycles. The molecule has 2 saturated heterocycles. The Hall–Kier alpha value is -2.08. The fourth-order valence-corrected chi connectivity index (χ4v) is 5.52. The van der Waals surface area contributed by atoms with Gasteiger partial charge in [0.2, 0.25) is 5.91 Å². The van der Waals surface area contributed by atoms with Crippen LogP contribution in [0.15, 0.2) is 48.5 Å². The topological polar surface area (TPSA) is 43.9 Å². The summed E-state index contributed by atoms with van der Waals surface area (Å²) < 4.78 is 0. The van der Waals surface area contributed by atoms with Gasteiger partial charge in [0.15, 0.2) is 0 Å². The number of hydrogen-bond acceptors (Lipinski definition) is 3. The van der Waals surface area contributed by atoms with Crippen LogP contribution in [0.2, 0.25) is 10.0 Å². The molecular formula is C26H31Cl2N3O2. The Balaban J connectivity index is 1.24. The van der Waals surface area contributed by atoms with Crippen LogP contribution in [-0.4, -0.2) is 65.8 Å². The number of piperidine rings is 2. The summed E-state index contributed by atoms with van der Waals surface area (Å²) in [6.45, 7) is 3.99. The third-order valence-corrected chi connectivity index (χ3v) is 7.50. The van der Waals surface area contributed by atoms with Crippen molar-refractivity contribution in [2.24, 2.45) is 5.92 Å². The summed E-state index contributed by atoms with van der Waals surface area (Å²) in [7, 11) is 1.90. The molecule has 2 heterocycles. The number of carbonyl (C=O) groups is 2. The molecule has 176 valence electrons. The van der Waals surface area contributed by atoms with E-state index in [1.54, 1.807) is 18.2 Å². The Morgan fingerprint density at radius 1 is 0.939 bits per heavy atom. The van der Waals surface area contributed by atoms with E-state index in [2.05, 4.69) is 17.0 Å². The Morgan fingerprint density at radius 3 is 2.24 bits per heavy atom. The van der Waals surface area contributed by atoms with E-state index in [9.17, 15) is 9.59 Å². The summed E-state index contributed by atoms with van der Waals surface area (Å²) >= 11 is 12.2. The number of rotatable bonds is 5. The van der Waals surface area contributed by atoms with Gasteiger partial charge in [-0.1, -0.05) is 53.5 Å². The predicted molar refractivity (Wildman–Crippen MR) is 133 cm³/mol. The maximum Gasteiger partial charge on any atom is 0.255 e. The first-order valence-corrected chi connectivity index (χ1v) is 12.4. The minimum absolute atomic E-state index is 0.0270. The molecule has 0 atom stereocenters. The van der Waals surface area contributed by atoms with E-state index in [0.29, 0.717) is 28.2 Å². The molecule has 7 heteroatoms. The van der Waals surface area contributed by atoms with Crippen LogP contribution >= 0.6 is 23.2 Å². The van der Waals surface area contributed by atoms with Crippen molar-refractivity contribution < 1.29 is 9.59 Å². The van der Waals surface area contributed by atoms with E-state index in [-0.39, 0.29) is 17.7 Å². The van der Waals surface area contributed by atoms with Crippen LogP contribution in [0.3, 0.4) is 0 Å². The van der Waals surface area contributed by atoms with Gasteiger partial charge in [-0.2, -0.15) is 0 Å². The number of benzene rings is 2. The smallest absolute Gasteiger partial charge is 0.255 e. The minimum Gasteiger partial charge on any atom is -0.341 e. The van der Waals surface area contributed by atoms with Crippen molar-refractivity contribution >= 4 is 35.0 Å².